The summed E-state index contributed by atoms with van der Waals surface area (Å²) in [5, 5.41) is 11.2. The van der Waals surface area contributed by atoms with Gasteiger partial charge in [-0.1, -0.05) is 55.4 Å². The molecule has 32 heavy (non-hydrogen) atoms. The quantitative estimate of drug-likeness (QED) is 0.611. The summed E-state index contributed by atoms with van der Waals surface area (Å²) >= 11 is 0. The smallest absolute Gasteiger partial charge is 0.351 e. The second kappa shape index (κ2) is 9.28. The molecule has 2 aliphatic rings. The van der Waals surface area contributed by atoms with Gasteiger partial charge in [0.1, 0.15) is 24.1 Å². The van der Waals surface area contributed by atoms with Gasteiger partial charge in [0, 0.05) is 6.20 Å². The SMILES string of the molecule is CC(C)[Si]1(C(C)C)OC[C@H]2OC(n3ccc(N)nc3=O)[C@H](O)[C@@H]2O[Si](C(C)C)(C(C)C)O1. The standard InChI is InChI=1S/C21H39N3O6Si2/c1-12(2)31(13(3)4)27-11-16-19(29-32(30-31,14(5)6)15(7)8)18(25)20(28-16)24-10-9-17(22)23-21(24)26/h9-10,12-16,18-20,25H,11H2,1-8H3,(H2,22,23,26)/t16-,18-,19-,20?/m1/s1. The summed E-state index contributed by atoms with van der Waals surface area (Å²) in [6, 6.07) is 1.51. The summed E-state index contributed by atoms with van der Waals surface area (Å²) in [6.45, 7) is 17.3. The van der Waals surface area contributed by atoms with Crippen molar-refractivity contribution in [2.75, 3.05) is 12.3 Å². The van der Waals surface area contributed by atoms with Crippen LogP contribution in [0.3, 0.4) is 0 Å². The number of nitrogens with zero attached hydrogens (tertiary/aromatic N) is 2. The van der Waals surface area contributed by atoms with Crippen molar-refractivity contribution in [1.82, 2.24) is 9.55 Å². The number of ether oxygens (including phenoxy) is 1. The van der Waals surface area contributed by atoms with Gasteiger partial charge in [-0.2, -0.15) is 4.98 Å². The predicted molar refractivity (Wildman–Crippen MR) is 127 cm³/mol. The lowest BCUT2D eigenvalue weighted by atomic mass is 10.1. The summed E-state index contributed by atoms with van der Waals surface area (Å²) in [6.07, 6.45) is -1.73. The number of hydrogen-bond donors (Lipinski definition) is 2. The number of aromatic nitrogens is 2. The van der Waals surface area contributed by atoms with E-state index in [1.54, 1.807) is 0 Å². The van der Waals surface area contributed by atoms with Crippen molar-refractivity contribution in [3.05, 3.63) is 22.7 Å². The molecular formula is C21H39N3O6Si2. The molecule has 0 amide bonds. The zero-order chi connectivity index (χ0) is 24.0. The maximum atomic E-state index is 12.4. The first-order valence-corrected chi connectivity index (χ1v) is 15.5. The van der Waals surface area contributed by atoms with E-state index < -0.39 is 47.4 Å². The van der Waals surface area contributed by atoms with Gasteiger partial charge in [-0.25, -0.2) is 4.79 Å². The van der Waals surface area contributed by atoms with Gasteiger partial charge in [0.05, 0.1) is 6.61 Å². The highest BCUT2D eigenvalue weighted by molar-refractivity contribution is 6.83. The van der Waals surface area contributed by atoms with Crippen LogP contribution in [0.2, 0.25) is 22.2 Å². The molecule has 0 bridgehead atoms. The Kier molecular flexibility index (Phi) is 7.40. The molecule has 2 fully saturated rings. The minimum absolute atomic E-state index is 0.119. The predicted octanol–water partition coefficient (Wildman–Crippen LogP) is 3.04. The second-order valence-electron chi connectivity index (χ2n) is 10.2. The minimum atomic E-state index is -2.89. The topological polar surface area (TPSA) is 118 Å². The zero-order valence-corrected chi connectivity index (χ0v) is 22.4. The molecule has 1 aromatic rings. The molecule has 3 N–H and O–H groups in total. The van der Waals surface area contributed by atoms with E-state index in [0.29, 0.717) is 0 Å². The van der Waals surface area contributed by atoms with Gasteiger partial charge >= 0.3 is 22.8 Å². The van der Waals surface area contributed by atoms with Crippen LogP contribution in [-0.2, 0) is 17.7 Å². The first-order valence-electron chi connectivity index (χ1n) is 11.6. The molecule has 182 valence electrons. The molecule has 0 radical (unpaired) electrons. The largest absolute Gasteiger partial charge is 0.414 e. The molecule has 0 aromatic carbocycles. The molecule has 11 heteroatoms. The lowest BCUT2D eigenvalue weighted by Crippen LogP contribution is -2.65. The minimum Gasteiger partial charge on any atom is -0.414 e. The lowest BCUT2D eigenvalue weighted by molar-refractivity contribution is -0.0600. The van der Waals surface area contributed by atoms with Crippen LogP contribution in [0.15, 0.2) is 17.1 Å². The zero-order valence-electron chi connectivity index (χ0n) is 20.4. The molecule has 0 aliphatic carbocycles. The number of anilines is 1. The molecule has 0 spiro atoms. The molecule has 1 aromatic heterocycles. The van der Waals surface area contributed by atoms with E-state index in [1.165, 1.54) is 16.8 Å². The van der Waals surface area contributed by atoms with E-state index in [1.807, 2.05) is 0 Å². The van der Waals surface area contributed by atoms with Crippen LogP contribution < -0.4 is 11.4 Å². The molecular weight excluding hydrogens is 446 g/mol. The van der Waals surface area contributed by atoms with Crippen molar-refractivity contribution in [2.24, 2.45) is 0 Å². The average molecular weight is 486 g/mol. The number of aliphatic hydroxyl groups is 1. The van der Waals surface area contributed by atoms with E-state index in [4.69, 9.17) is 23.4 Å². The van der Waals surface area contributed by atoms with E-state index in [-0.39, 0.29) is 34.6 Å². The summed E-state index contributed by atoms with van der Waals surface area (Å²) in [4.78, 5) is 16.2. The van der Waals surface area contributed by atoms with Crippen molar-refractivity contribution >= 4 is 22.9 Å². The Hall–Kier alpha value is -1.09. The fourth-order valence-electron chi connectivity index (χ4n) is 4.99. The summed E-state index contributed by atoms with van der Waals surface area (Å²) < 4.78 is 28.1. The lowest BCUT2D eigenvalue weighted by Gasteiger charge is -2.51. The van der Waals surface area contributed by atoms with Gasteiger partial charge < -0.3 is 28.5 Å². The number of rotatable bonds is 5. The highest BCUT2D eigenvalue weighted by Gasteiger charge is 2.61. The van der Waals surface area contributed by atoms with Gasteiger partial charge in [-0.3, -0.25) is 4.57 Å². The molecule has 0 saturated carbocycles. The van der Waals surface area contributed by atoms with E-state index >= 15 is 0 Å². The van der Waals surface area contributed by atoms with Gasteiger partial charge in [0.2, 0.25) is 0 Å². The maximum absolute atomic E-state index is 12.4. The van der Waals surface area contributed by atoms with Crippen molar-refractivity contribution in [3.63, 3.8) is 0 Å². The Morgan fingerprint density at radius 2 is 1.62 bits per heavy atom. The molecule has 9 nitrogen and oxygen atoms in total. The number of fused-ring (bicyclic) bond motifs is 1. The van der Waals surface area contributed by atoms with Crippen molar-refractivity contribution in [2.45, 2.75) is 102 Å². The van der Waals surface area contributed by atoms with Gasteiger partial charge in [-0.05, 0) is 28.2 Å². The van der Waals surface area contributed by atoms with E-state index in [0.717, 1.165) is 0 Å². The Bertz CT molecular complexity index is 846. The van der Waals surface area contributed by atoms with Crippen molar-refractivity contribution < 1.29 is 22.8 Å². The van der Waals surface area contributed by atoms with Gasteiger partial charge in [-0.15, -0.1) is 0 Å². The van der Waals surface area contributed by atoms with Crippen LogP contribution in [0.25, 0.3) is 0 Å². The summed E-state index contributed by atoms with van der Waals surface area (Å²) in [7, 11) is -5.59. The van der Waals surface area contributed by atoms with E-state index in [9.17, 15) is 9.90 Å². The first kappa shape index (κ1) is 25.5. The third-order valence-corrected chi connectivity index (χ3v) is 17.0. The second-order valence-corrected chi connectivity index (χ2v) is 19.0. The molecule has 3 rings (SSSR count). The number of nitrogens with two attached hydrogens (primary N) is 1. The monoisotopic (exact) mass is 485 g/mol. The number of nitrogen functional groups attached to an aromatic ring is 1. The van der Waals surface area contributed by atoms with E-state index in [2.05, 4.69) is 60.4 Å². The Balaban J connectivity index is 2.07. The van der Waals surface area contributed by atoms with Crippen LogP contribution in [0, 0.1) is 0 Å². The molecule has 2 aliphatic heterocycles. The molecule has 2 saturated heterocycles. The van der Waals surface area contributed by atoms with Gasteiger partial charge in [0.15, 0.2) is 6.23 Å². The number of aliphatic hydroxyl groups excluding tert-OH is 1. The molecule has 1 unspecified atom stereocenters. The van der Waals surface area contributed by atoms with Crippen molar-refractivity contribution in [3.8, 4) is 0 Å². The Morgan fingerprint density at radius 3 is 2.12 bits per heavy atom. The Morgan fingerprint density at radius 1 is 1.06 bits per heavy atom. The summed E-state index contributed by atoms with van der Waals surface area (Å²) in [5.74, 6) is 0.119. The van der Waals surface area contributed by atoms with Crippen molar-refractivity contribution in [1.29, 1.82) is 0 Å². The third-order valence-electron chi connectivity index (χ3n) is 6.77. The van der Waals surface area contributed by atoms with Gasteiger partial charge in [0.25, 0.3) is 0 Å². The maximum Gasteiger partial charge on any atom is 0.351 e. The molecule has 3 heterocycles. The van der Waals surface area contributed by atoms with Crippen LogP contribution in [0.4, 0.5) is 5.82 Å². The molecule has 4 atom stereocenters. The van der Waals surface area contributed by atoms with Crippen LogP contribution in [0.5, 0.6) is 0 Å². The number of hydrogen-bond acceptors (Lipinski definition) is 8. The Labute approximate surface area is 192 Å². The first-order chi connectivity index (χ1) is 14.9. The fourth-order valence-corrected chi connectivity index (χ4v) is 16.2. The van der Waals surface area contributed by atoms with Crippen LogP contribution in [-0.4, -0.2) is 56.7 Å². The average Bonchev–Trinajstić information content (AvgIpc) is 2.96. The van der Waals surface area contributed by atoms with Crippen LogP contribution >= 0.6 is 0 Å². The normalized spacial score (nSPS) is 30.0. The highest BCUT2D eigenvalue weighted by atomic mass is 28.5. The summed E-state index contributed by atoms with van der Waals surface area (Å²) in [5.41, 5.74) is 5.72. The van der Waals surface area contributed by atoms with Crippen LogP contribution in [0.1, 0.15) is 61.6 Å². The fraction of sp³-hybridized carbons (Fsp3) is 0.810. The highest BCUT2D eigenvalue weighted by Crippen LogP contribution is 2.48. The third kappa shape index (κ3) is 4.24.